The monoisotopic (exact) mass is 317 g/mol. The zero-order valence-corrected chi connectivity index (χ0v) is 13.0. The maximum absolute atomic E-state index is 12.2. The molecule has 0 aromatic carbocycles. The van der Waals surface area contributed by atoms with Crippen LogP contribution in [0.15, 0.2) is 21.3 Å². The van der Waals surface area contributed by atoms with E-state index in [0.29, 0.717) is 30.8 Å². The number of carboxylic acids is 1. The van der Waals surface area contributed by atoms with Crippen molar-refractivity contribution in [2.75, 3.05) is 6.54 Å². The lowest BCUT2D eigenvalue weighted by molar-refractivity contribution is 0.0658. The van der Waals surface area contributed by atoms with E-state index >= 15 is 0 Å². The number of aryl methyl sites for hydroxylation is 1. The van der Waals surface area contributed by atoms with Gasteiger partial charge in [-0.05, 0) is 18.6 Å². The fourth-order valence-corrected chi connectivity index (χ4v) is 2.82. The summed E-state index contributed by atoms with van der Waals surface area (Å²) in [6, 6.07) is 3.10. The number of aromatic nitrogens is 2. The molecule has 122 valence electrons. The summed E-state index contributed by atoms with van der Waals surface area (Å²) in [5, 5.41) is 8.88. The third kappa shape index (κ3) is 3.34. The van der Waals surface area contributed by atoms with E-state index in [4.69, 9.17) is 9.52 Å². The van der Waals surface area contributed by atoms with Gasteiger partial charge in [0.05, 0.1) is 17.8 Å². The van der Waals surface area contributed by atoms with E-state index in [9.17, 15) is 9.59 Å². The predicted octanol–water partition coefficient (Wildman–Crippen LogP) is 1.57. The fourth-order valence-electron chi connectivity index (χ4n) is 2.82. The molecule has 2 aromatic rings. The highest BCUT2D eigenvalue weighted by atomic mass is 16.4. The molecule has 3 heterocycles. The molecule has 0 fully saturated rings. The van der Waals surface area contributed by atoms with Crippen LogP contribution in [0.1, 0.15) is 46.7 Å². The Morgan fingerprint density at radius 3 is 3.00 bits per heavy atom. The zero-order chi connectivity index (χ0) is 16.4. The van der Waals surface area contributed by atoms with Gasteiger partial charge in [0.25, 0.3) is 5.56 Å². The lowest BCUT2D eigenvalue weighted by atomic mass is 10.1. The number of fused-ring (bicyclic) bond motifs is 1. The highest BCUT2D eigenvalue weighted by molar-refractivity contribution is 5.84. The second kappa shape index (κ2) is 6.37. The zero-order valence-electron chi connectivity index (χ0n) is 13.0. The molecule has 0 atom stereocenters. The topological polar surface area (TPSA) is 99.4 Å². The Balaban J connectivity index is 1.74. The number of hydrogen-bond acceptors (Lipinski definition) is 5. The van der Waals surface area contributed by atoms with Crippen LogP contribution >= 0.6 is 0 Å². The summed E-state index contributed by atoms with van der Waals surface area (Å²) in [5.41, 5.74) is 1.49. The van der Waals surface area contributed by atoms with Crippen molar-refractivity contribution in [3.8, 4) is 0 Å². The van der Waals surface area contributed by atoms with E-state index in [-0.39, 0.29) is 11.3 Å². The summed E-state index contributed by atoms with van der Waals surface area (Å²) < 4.78 is 5.27. The third-order valence-electron chi connectivity index (χ3n) is 3.94. The van der Waals surface area contributed by atoms with Gasteiger partial charge in [0.2, 0.25) is 5.76 Å². The second-order valence-corrected chi connectivity index (χ2v) is 5.72. The van der Waals surface area contributed by atoms with Gasteiger partial charge >= 0.3 is 5.97 Å². The minimum Gasteiger partial charge on any atom is -0.475 e. The maximum atomic E-state index is 12.2. The quantitative estimate of drug-likeness (QED) is 0.868. The van der Waals surface area contributed by atoms with E-state index in [1.807, 2.05) is 0 Å². The molecule has 3 rings (SSSR count). The Hall–Kier alpha value is -2.41. The summed E-state index contributed by atoms with van der Waals surface area (Å²) in [6.45, 7) is 3.78. The standard InChI is InChI=1S/C16H19N3O4/c1-2-3-14-17-12-6-7-19(9-11(12)15(20)18-14)8-10-4-5-13(23-10)16(21)22/h4-5H,2-3,6-9H2,1H3,(H,21,22)(H,17,18,20). The Morgan fingerprint density at radius 1 is 1.48 bits per heavy atom. The first kappa shape index (κ1) is 15.5. The summed E-state index contributed by atoms with van der Waals surface area (Å²) in [5.74, 6) is 0.185. The Bertz CT molecular complexity index is 778. The molecule has 7 heteroatoms. The maximum Gasteiger partial charge on any atom is 0.371 e. The van der Waals surface area contributed by atoms with Gasteiger partial charge in [0.1, 0.15) is 11.6 Å². The molecule has 1 aliphatic rings. The number of nitrogens with zero attached hydrogens (tertiary/aromatic N) is 2. The van der Waals surface area contributed by atoms with Gasteiger partial charge in [-0.2, -0.15) is 0 Å². The molecule has 0 unspecified atom stereocenters. The molecule has 2 N–H and O–H groups in total. The van der Waals surface area contributed by atoms with Crippen molar-refractivity contribution in [2.24, 2.45) is 0 Å². The van der Waals surface area contributed by atoms with Gasteiger partial charge in [-0.1, -0.05) is 6.92 Å². The van der Waals surface area contributed by atoms with E-state index in [2.05, 4.69) is 21.8 Å². The molecule has 0 aliphatic carbocycles. The number of hydrogen-bond donors (Lipinski definition) is 2. The first-order valence-electron chi connectivity index (χ1n) is 7.72. The molecule has 0 saturated carbocycles. The summed E-state index contributed by atoms with van der Waals surface area (Å²) in [6.07, 6.45) is 2.43. The SMILES string of the molecule is CCCc1nc2c(c(=O)[nH]1)CN(Cc1ccc(C(=O)O)o1)CC2. The second-order valence-electron chi connectivity index (χ2n) is 5.72. The molecule has 0 saturated heterocycles. The van der Waals surface area contributed by atoms with Crippen LogP contribution in [0.5, 0.6) is 0 Å². The molecule has 0 amide bonds. The van der Waals surface area contributed by atoms with E-state index < -0.39 is 5.97 Å². The van der Waals surface area contributed by atoms with Gasteiger partial charge in [-0.3, -0.25) is 9.69 Å². The summed E-state index contributed by atoms with van der Waals surface area (Å²) in [4.78, 5) is 32.5. The number of nitrogens with one attached hydrogen (secondary N) is 1. The number of furan rings is 1. The normalized spacial score (nSPS) is 14.7. The highest BCUT2D eigenvalue weighted by Gasteiger charge is 2.22. The number of carbonyl (C=O) groups is 1. The molecule has 2 aromatic heterocycles. The number of H-pyrrole nitrogens is 1. The minimum absolute atomic E-state index is 0.0684. The van der Waals surface area contributed by atoms with Crippen molar-refractivity contribution in [1.29, 1.82) is 0 Å². The van der Waals surface area contributed by atoms with Gasteiger partial charge < -0.3 is 14.5 Å². The Morgan fingerprint density at radius 2 is 2.30 bits per heavy atom. The predicted molar refractivity (Wildman–Crippen MR) is 82.3 cm³/mol. The van der Waals surface area contributed by atoms with Crippen molar-refractivity contribution < 1.29 is 14.3 Å². The first-order chi connectivity index (χ1) is 11.1. The van der Waals surface area contributed by atoms with Crippen molar-refractivity contribution in [2.45, 2.75) is 39.3 Å². The van der Waals surface area contributed by atoms with Gasteiger partial charge in [-0.15, -0.1) is 0 Å². The average molecular weight is 317 g/mol. The first-order valence-corrected chi connectivity index (χ1v) is 7.72. The molecule has 7 nitrogen and oxygen atoms in total. The molecule has 0 bridgehead atoms. The van der Waals surface area contributed by atoms with Crippen LogP contribution in [0.25, 0.3) is 0 Å². The van der Waals surface area contributed by atoms with Crippen LogP contribution in [0.2, 0.25) is 0 Å². The van der Waals surface area contributed by atoms with Gasteiger partial charge in [-0.25, -0.2) is 9.78 Å². The van der Waals surface area contributed by atoms with Crippen molar-refractivity contribution in [3.63, 3.8) is 0 Å². The van der Waals surface area contributed by atoms with Crippen LogP contribution in [-0.4, -0.2) is 32.5 Å². The summed E-state index contributed by atoms with van der Waals surface area (Å²) >= 11 is 0. The highest BCUT2D eigenvalue weighted by Crippen LogP contribution is 2.18. The van der Waals surface area contributed by atoms with Crippen molar-refractivity contribution in [3.05, 3.63) is 51.1 Å². The largest absolute Gasteiger partial charge is 0.475 e. The molecular weight excluding hydrogens is 298 g/mol. The summed E-state index contributed by atoms with van der Waals surface area (Å²) in [7, 11) is 0. The van der Waals surface area contributed by atoms with Crippen LogP contribution in [0, 0.1) is 0 Å². The number of aromatic carboxylic acids is 1. The Kier molecular flexibility index (Phi) is 4.29. The third-order valence-corrected chi connectivity index (χ3v) is 3.94. The number of aromatic amines is 1. The average Bonchev–Trinajstić information content (AvgIpc) is 2.97. The smallest absolute Gasteiger partial charge is 0.371 e. The van der Waals surface area contributed by atoms with Crippen LogP contribution < -0.4 is 5.56 Å². The number of carboxylic acid groups (broad SMARTS) is 1. The van der Waals surface area contributed by atoms with Crippen LogP contribution in [0.4, 0.5) is 0 Å². The molecular formula is C16H19N3O4. The Labute approximate surface area is 133 Å². The molecule has 0 spiro atoms. The fraction of sp³-hybridized carbons (Fsp3) is 0.438. The molecule has 23 heavy (non-hydrogen) atoms. The van der Waals surface area contributed by atoms with Crippen LogP contribution in [-0.2, 0) is 25.9 Å². The van der Waals surface area contributed by atoms with Gasteiger partial charge in [0.15, 0.2) is 0 Å². The molecule has 0 radical (unpaired) electrons. The van der Waals surface area contributed by atoms with Crippen molar-refractivity contribution >= 4 is 5.97 Å². The van der Waals surface area contributed by atoms with E-state index in [0.717, 1.165) is 30.9 Å². The van der Waals surface area contributed by atoms with E-state index in [1.54, 1.807) is 6.07 Å². The van der Waals surface area contributed by atoms with Crippen LogP contribution in [0.3, 0.4) is 0 Å². The lowest BCUT2D eigenvalue weighted by Gasteiger charge is -2.26. The lowest BCUT2D eigenvalue weighted by Crippen LogP contribution is -2.35. The minimum atomic E-state index is -1.08. The number of rotatable bonds is 5. The van der Waals surface area contributed by atoms with Crippen molar-refractivity contribution in [1.82, 2.24) is 14.9 Å². The van der Waals surface area contributed by atoms with Gasteiger partial charge in [0, 0.05) is 25.9 Å². The van der Waals surface area contributed by atoms with E-state index in [1.165, 1.54) is 6.07 Å². The molecule has 1 aliphatic heterocycles.